The molecule has 0 bridgehead atoms. The van der Waals surface area contributed by atoms with Crippen LogP contribution in [0.4, 0.5) is 0 Å². The number of carboxylic acid groups (broad SMARTS) is 2. The second-order valence-corrected chi connectivity index (χ2v) is 15.0. The summed E-state index contributed by atoms with van der Waals surface area (Å²) in [7, 11) is -5.08. The van der Waals surface area contributed by atoms with E-state index in [1.807, 2.05) is 13.8 Å². The summed E-state index contributed by atoms with van der Waals surface area (Å²) in [5, 5.41) is 30.2. The molecule has 23 heteroatoms. The Kier molecular flexibility index (Phi) is 21.6. The third-order valence-electron chi connectivity index (χ3n) is 8.26. The fraction of sp³-hybridized carbons (Fsp3) is 0.588. The number of primary amides is 1. The van der Waals surface area contributed by atoms with Crippen molar-refractivity contribution in [3.63, 3.8) is 0 Å². The molecule has 0 saturated heterocycles. The Morgan fingerprint density at radius 2 is 1.28 bits per heavy atom. The van der Waals surface area contributed by atoms with Crippen LogP contribution < -0.4 is 43.8 Å². The number of carboxylic acids is 2. The highest BCUT2D eigenvalue weighted by Gasteiger charge is 2.35. The van der Waals surface area contributed by atoms with Crippen molar-refractivity contribution in [1.82, 2.24) is 26.6 Å². The van der Waals surface area contributed by atoms with Gasteiger partial charge in [0.2, 0.25) is 35.4 Å². The van der Waals surface area contributed by atoms with Crippen molar-refractivity contribution in [3.8, 4) is 0 Å². The lowest BCUT2D eigenvalue weighted by atomic mass is 9.99. The topological polar surface area (TPSA) is 371 Å². The Hall–Kier alpha value is -4.99. The van der Waals surface area contributed by atoms with Crippen molar-refractivity contribution in [1.29, 1.82) is 0 Å². The Labute approximate surface area is 329 Å². The average Bonchev–Trinajstić information content (AvgIpc) is 3.12. The number of phosphoric acid groups is 1. The number of nitrogens with two attached hydrogens (primary N) is 3. The number of carbonyl (C=O) groups is 8. The molecule has 0 aliphatic heterocycles. The molecule has 0 saturated carbocycles. The monoisotopic (exact) mass is 830 g/mol. The van der Waals surface area contributed by atoms with Crippen LogP contribution in [0.3, 0.4) is 0 Å². The van der Waals surface area contributed by atoms with Gasteiger partial charge in [-0.25, -0.2) is 9.36 Å². The van der Waals surface area contributed by atoms with Gasteiger partial charge in [0.25, 0.3) is 0 Å². The van der Waals surface area contributed by atoms with Gasteiger partial charge in [-0.3, -0.25) is 42.6 Å². The van der Waals surface area contributed by atoms with Crippen LogP contribution in [0.2, 0.25) is 0 Å². The van der Waals surface area contributed by atoms with Crippen LogP contribution in [-0.2, 0) is 58.4 Å². The number of carbonyl (C=O) groups excluding carboxylic acids is 6. The van der Waals surface area contributed by atoms with E-state index >= 15 is 0 Å². The number of hydrogen-bond donors (Lipinski definition) is 11. The van der Waals surface area contributed by atoms with Gasteiger partial charge in [-0.1, -0.05) is 64.4 Å². The van der Waals surface area contributed by atoms with Crippen LogP contribution in [0.25, 0.3) is 0 Å². The maximum Gasteiger partial charge on any atom is 0.472 e. The van der Waals surface area contributed by atoms with Gasteiger partial charge in [-0.05, 0) is 23.8 Å². The molecule has 2 unspecified atom stereocenters. The van der Waals surface area contributed by atoms with Crippen LogP contribution >= 0.6 is 7.82 Å². The molecule has 0 spiro atoms. The van der Waals surface area contributed by atoms with Gasteiger partial charge in [0.05, 0.1) is 38.1 Å². The molecule has 0 fully saturated rings. The summed E-state index contributed by atoms with van der Waals surface area (Å²) in [5.74, 6) is -9.78. The van der Waals surface area contributed by atoms with E-state index in [1.165, 1.54) is 0 Å². The molecule has 0 radical (unpaired) electrons. The molecule has 1 aromatic rings. The molecule has 320 valence electrons. The lowest BCUT2D eigenvalue weighted by molar-refractivity contribution is -0.143. The molecule has 57 heavy (non-hydrogen) atoms. The first kappa shape index (κ1) is 50.0. The van der Waals surface area contributed by atoms with E-state index in [4.69, 9.17) is 26.2 Å². The molecule has 0 aliphatic carbocycles. The summed E-state index contributed by atoms with van der Waals surface area (Å²) < 4.78 is 22.5. The van der Waals surface area contributed by atoms with E-state index < -0.39 is 118 Å². The number of rotatable bonds is 27. The van der Waals surface area contributed by atoms with Crippen LogP contribution in [-0.4, -0.2) is 118 Å². The Balaban J connectivity index is 3.33. The van der Waals surface area contributed by atoms with Crippen molar-refractivity contribution >= 4 is 55.2 Å². The molecular formula is C34H55N8O14P. The number of phosphoric ester groups is 1. The predicted octanol–water partition coefficient (Wildman–Crippen LogP) is -2.40. The predicted molar refractivity (Wildman–Crippen MR) is 201 cm³/mol. The van der Waals surface area contributed by atoms with Crippen LogP contribution in [0.5, 0.6) is 0 Å². The van der Waals surface area contributed by atoms with Crippen LogP contribution in [0.1, 0.15) is 58.9 Å². The largest absolute Gasteiger partial charge is 0.481 e. The molecule has 6 amide bonds. The molecule has 0 aliphatic rings. The first-order valence-electron chi connectivity index (χ1n) is 18.0. The van der Waals surface area contributed by atoms with E-state index in [-0.39, 0.29) is 24.8 Å². The van der Waals surface area contributed by atoms with Gasteiger partial charge in [0, 0.05) is 13.0 Å². The maximum atomic E-state index is 13.6. The van der Waals surface area contributed by atoms with Crippen molar-refractivity contribution in [2.45, 2.75) is 96.1 Å². The van der Waals surface area contributed by atoms with Gasteiger partial charge < -0.3 is 58.9 Å². The van der Waals surface area contributed by atoms with E-state index in [0.717, 1.165) is 0 Å². The molecular weight excluding hydrogens is 775 g/mol. The maximum absolute atomic E-state index is 13.6. The lowest BCUT2D eigenvalue weighted by Gasteiger charge is -2.26. The smallest absolute Gasteiger partial charge is 0.472 e. The fourth-order valence-corrected chi connectivity index (χ4v) is 5.65. The van der Waals surface area contributed by atoms with Crippen molar-refractivity contribution < 1.29 is 67.1 Å². The normalized spacial score (nSPS) is 15.9. The highest BCUT2D eigenvalue weighted by atomic mass is 31.2. The zero-order chi connectivity index (χ0) is 43.5. The molecule has 1 aromatic carbocycles. The summed E-state index contributed by atoms with van der Waals surface area (Å²) in [4.78, 5) is 111. The zero-order valence-corrected chi connectivity index (χ0v) is 33.1. The fourth-order valence-electron chi connectivity index (χ4n) is 4.91. The first-order chi connectivity index (χ1) is 26.6. The average molecular weight is 831 g/mol. The Morgan fingerprint density at radius 3 is 1.81 bits per heavy atom. The summed E-state index contributed by atoms with van der Waals surface area (Å²) in [6, 6.07) is -1.30. The highest BCUT2D eigenvalue weighted by Crippen LogP contribution is 2.42. The summed E-state index contributed by atoms with van der Waals surface area (Å²) in [5.41, 5.74) is 17.5. The van der Waals surface area contributed by atoms with Gasteiger partial charge in [0.15, 0.2) is 0 Å². The Bertz CT molecular complexity index is 1600. The summed E-state index contributed by atoms with van der Waals surface area (Å²) in [6.45, 7) is 5.03. The number of hydrogen-bond acceptors (Lipinski definition) is 13. The van der Waals surface area contributed by atoms with Crippen molar-refractivity contribution in [3.05, 3.63) is 35.9 Å². The number of amides is 6. The van der Waals surface area contributed by atoms with Gasteiger partial charge in [0.1, 0.15) is 24.2 Å². The minimum Gasteiger partial charge on any atom is -0.481 e. The quantitative estimate of drug-likeness (QED) is 0.0325. The van der Waals surface area contributed by atoms with E-state index in [2.05, 4.69) is 26.6 Å². The lowest BCUT2D eigenvalue weighted by Crippen LogP contribution is -2.60. The molecule has 22 nitrogen and oxygen atoms in total. The number of aliphatic carboxylic acids is 2. The molecule has 1 rings (SSSR count). The van der Waals surface area contributed by atoms with E-state index in [0.29, 0.717) is 18.4 Å². The molecule has 14 N–H and O–H groups in total. The summed E-state index contributed by atoms with van der Waals surface area (Å²) >= 11 is 0. The Morgan fingerprint density at radius 1 is 0.754 bits per heavy atom. The van der Waals surface area contributed by atoms with Crippen LogP contribution in [0, 0.1) is 11.8 Å². The third kappa shape index (κ3) is 19.6. The van der Waals surface area contributed by atoms with E-state index in [1.54, 1.807) is 44.2 Å². The second kappa shape index (κ2) is 24.6. The van der Waals surface area contributed by atoms with E-state index in [9.17, 15) is 58.0 Å². The van der Waals surface area contributed by atoms with Crippen molar-refractivity contribution in [2.24, 2.45) is 29.0 Å². The number of nitrogens with one attached hydrogen (secondary N) is 5. The number of benzene rings is 1. The van der Waals surface area contributed by atoms with Crippen LogP contribution in [0.15, 0.2) is 30.3 Å². The zero-order valence-electron chi connectivity index (χ0n) is 32.2. The first-order valence-corrected chi connectivity index (χ1v) is 19.4. The summed E-state index contributed by atoms with van der Waals surface area (Å²) in [6.07, 6.45) is -1.31. The van der Waals surface area contributed by atoms with Gasteiger partial charge >= 0.3 is 19.8 Å². The highest BCUT2D eigenvalue weighted by molar-refractivity contribution is 7.47. The second-order valence-electron chi connectivity index (χ2n) is 13.6. The third-order valence-corrected chi connectivity index (χ3v) is 9.25. The molecule has 0 aromatic heterocycles. The molecule has 0 heterocycles. The van der Waals surface area contributed by atoms with Crippen molar-refractivity contribution in [2.75, 3.05) is 19.8 Å². The standard InChI is InChI=1S/C34H55N8O14P/c1-5-19(4)28(37)33(50)40-22(15-26(36)43)30(47)42-25(17-56-57(53,54)55-12-11-38-29(46)21(35)13-18(2)3)32(49)39-23(16-27(44)45)31(48)41-24(34(51)52)14-20-9-7-6-8-10-20/h6-10,18-19,21-25,28H,5,11-17,35,37H2,1-4H3,(H2,36,43)(H,38,46)(H,39,49)(H,40,50)(H,41,48)(H,42,47)(H,44,45)(H,51,52)(H,53,54)/t19?,21-,22-,23-,24-,25-,28-/m0/s1. The minimum absolute atomic E-state index is 0.110. The SMILES string of the molecule is CCC(C)[C@H](N)C(=O)N[C@@H](CC(N)=O)C(=O)N[C@@H](COP(=O)(O)OCCNC(=O)[C@@H](N)CC(C)C)C(=O)N[C@@H](CC(=O)O)C(=O)N[C@@H](Cc1ccccc1)C(=O)O. The van der Waals surface area contributed by atoms with Gasteiger partial charge in [-0.15, -0.1) is 0 Å². The molecule has 8 atom stereocenters. The van der Waals surface area contributed by atoms with Gasteiger partial charge in [-0.2, -0.15) is 0 Å². The minimum atomic E-state index is -5.08.